The number of hydrogen-bond acceptors (Lipinski definition) is 4. The second-order valence-electron chi connectivity index (χ2n) is 6.00. The van der Waals surface area contributed by atoms with Gasteiger partial charge in [-0.25, -0.2) is 17.6 Å². The minimum absolute atomic E-state index is 0.0104. The molecule has 0 atom stereocenters. The van der Waals surface area contributed by atoms with E-state index < -0.39 is 21.5 Å². The molecule has 0 saturated carbocycles. The Kier molecular flexibility index (Phi) is 6.75. The first-order valence-electron chi connectivity index (χ1n) is 7.17. The molecular weight excluding hydrogens is 321 g/mol. The molecule has 0 spiro atoms. The number of carbonyl (C=O) groups is 1. The number of nitrogens with one attached hydrogen (secondary N) is 1. The average molecular weight is 343 g/mol. The molecule has 0 aliphatic carbocycles. The third-order valence-electron chi connectivity index (χ3n) is 2.81. The highest BCUT2D eigenvalue weighted by Crippen LogP contribution is 2.14. The van der Waals surface area contributed by atoms with Crippen LogP contribution in [-0.4, -0.2) is 32.4 Å². The van der Waals surface area contributed by atoms with E-state index in [4.69, 9.17) is 4.74 Å². The molecule has 1 aromatic rings. The number of hydrogen-bond donors (Lipinski definition) is 1. The Morgan fingerprint density at radius 2 is 1.87 bits per heavy atom. The summed E-state index contributed by atoms with van der Waals surface area (Å²) < 4.78 is 42.1. The highest BCUT2D eigenvalue weighted by atomic mass is 32.2. The molecule has 1 N–H and O–H groups in total. The van der Waals surface area contributed by atoms with E-state index in [9.17, 15) is 17.6 Å². The van der Waals surface area contributed by atoms with E-state index in [0.29, 0.717) is 6.33 Å². The van der Waals surface area contributed by atoms with Gasteiger partial charge in [0.15, 0.2) is 9.84 Å². The summed E-state index contributed by atoms with van der Waals surface area (Å²) in [5.74, 6) is -0.233. The van der Waals surface area contributed by atoms with Crippen LogP contribution in [0.3, 0.4) is 0 Å². The van der Waals surface area contributed by atoms with E-state index >= 15 is 0 Å². The monoisotopic (exact) mass is 343 g/mol. The molecule has 0 unspecified atom stereocenters. The van der Waals surface area contributed by atoms with Crippen molar-refractivity contribution >= 4 is 15.9 Å². The van der Waals surface area contributed by atoms with Crippen molar-refractivity contribution in [1.29, 1.82) is 0 Å². The molecule has 0 aliphatic heterocycles. The van der Waals surface area contributed by atoms with Gasteiger partial charge in [0.2, 0.25) is 0 Å². The van der Waals surface area contributed by atoms with Gasteiger partial charge in [-0.2, -0.15) is 0 Å². The summed E-state index contributed by atoms with van der Waals surface area (Å²) in [6, 6.07) is 7.96. The Balaban J connectivity index is 2.54. The van der Waals surface area contributed by atoms with Crippen molar-refractivity contribution < 1.29 is 22.3 Å². The highest BCUT2D eigenvalue weighted by molar-refractivity contribution is 7.91. The Morgan fingerprint density at radius 3 is 2.39 bits per heavy atom. The topological polar surface area (TPSA) is 72.5 Å². The molecule has 0 saturated heterocycles. The molecule has 7 heteroatoms. The van der Waals surface area contributed by atoms with Gasteiger partial charge in [0, 0.05) is 6.54 Å². The number of carbonyl (C=O) groups excluding carboxylic acids is 1. The van der Waals surface area contributed by atoms with Crippen molar-refractivity contribution in [3.05, 3.63) is 42.2 Å². The number of rotatable bonds is 6. The third kappa shape index (κ3) is 7.27. The van der Waals surface area contributed by atoms with Crippen LogP contribution in [-0.2, 0) is 14.6 Å². The SMILES string of the molecule is CC(C)(C)OC(=O)NCC(=CF)CCS(=O)(=O)c1ccccc1. The van der Waals surface area contributed by atoms with Crippen LogP contribution in [0.15, 0.2) is 47.1 Å². The molecule has 1 rings (SSSR count). The largest absolute Gasteiger partial charge is 0.444 e. The first kappa shape index (κ1) is 19.2. The third-order valence-corrected chi connectivity index (χ3v) is 4.54. The molecule has 0 heterocycles. The van der Waals surface area contributed by atoms with E-state index in [0.717, 1.165) is 0 Å². The minimum atomic E-state index is -3.48. The highest BCUT2D eigenvalue weighted by Gasteiger charge is 2.17. The lowest BCUT2D eigenvalue weighted by molar-refractivity contribution is 0.0532. The summed E-state index contributed by atoms with van der Waals surface area (Å²) in [4.78, 5) is 11.7. The van der Waals surface area contributed by atoms with Gasteiger partial charge in [0.25, 0.3) is 0 Å². The summed E-state index contributed by atoms with van der Waals surface area (Å²) in [5.41, 5.74) is -0.476. The molecule has 23 heavy (non-hydrogen) atoms. The van der Waals surface area contributed by atoms with Crippen molar-refractivity contribution in [2.45, 2.75) is 37.7 Å². The number of sulfone groups is 1. The van der Waals surface area contributed by atoms with Crippen molar-refractivity contribution in [3.63, 3.8) is 0 Å². The zero-order chi connectivity index (χ0) is 17.5. The normalized spacial score (nSPS) is 12.8. The number of alkyl carbamates (subject to hydrolysis) is 1. The van der Waals surface area contributed by atoms with Crippen molar-refractivity contribution in [3.8, 4) is 0 Å². The number of halogens is 1. The number of amides is 1. The summed E-state index contributed by atoms with van der Waals surface area (Å²) in [5, 5.41) is 2.40. The van der Waals surface area contributed by atoms with Crippen LogP contribution in [0.1, 0.15) is 27.2 Å². The maximum absolute atomic E-state index is 12.9. The van der Waals surface area contributed by atoms with Crippen LogP contribution in [0.5, 0.6) is 0 Å². The van der Waals surface area contributed by atoms with Crippen molar-refractivity contribution in [2.24, 2.45) is 0 Å². The second-order valence-corrected chi connectivity index (χ2v) is 8.11. The van der Waals surface area contributed by atoms with E-state index in [1.165, 1.54) is 12.1 Å². The van der Waals surface area contributed by atoms with Gasteiger partial charge in [-0.1, -0.05) is 18.2 Å². The maximum atomic E-state index is 12.9. The molecule has 1 aromatic carbocycles. The lowest BCUT2D eigenvalue weighted by atomic mass is 10.2. The van der Waals surface area contributed by atoms with Gasteiger partial charge >= 0.3 is 6.09 Å². The molecule has 5 nitrogen and oxygen atoms in total. The lowest BCUT2D eigenvalue weighted by Gasteiger charge is -2.20. The predicted molar refractivity (Wildman–Crippen MR) is 86.5 cm³/mol. The Morgan fingerprint density at radius 1 is 1.26 bits per heavy atom. The summed E-state index contributed by atoms with van der Waals surface area (Å²) in [6.07, 6.45) is -0.371. The molecule has 128 valence electrons. The quantitative estimate of drug-likeness (QED) is 0.861. The first-order chi connectivity index (χ1) is 10.6. The standard InChI is InChI=1S/C16H22FNO4S/c1-16(2,3)22-15(19)18-12-13(11-17)9-10-23(20,21)14-7-5-4-6-8-14/h4-8,11H,9-10,12H2,1-3H3,(H,18,19). The maximum Gasteiger partial charge on any atom is 0.407 e. The average Bonchev–Trinajstić information content (AvgIpc) is 2.46. The van der Waals surface area contributed by atoms with Gasteiger partial charge in [-0.15, -0.1) is 0 Å². The van der Waals surface area contributed by atoms with Crippen LogP contribution in [0.25, 0.3) is 0 Å². The van der Waals surface area contributed by atoms with Crippen LogP contribution in [0.2, 0.25) is 0 Å². The van der Waals surface area contributed by atoms with E-state index in [2.05, 4.69) is 5.32 Å². The first-order valence-corrected chi connectivity index (χ1v) is 8.82. The van der Waals surface area contributed by atoms with Crippen LogP contribution in [0, 0.1) is 0 Å². The van der Waals surface area contributed by atoms with Crippen LogP contribution >= 0.6 is 0 Å². The van der Waals surface area contributed by atoms with Gasteiger partial charge in [0.05, 0.1) is 17.0 Å². The van der Waals surface area contributed by atoms with Gasteiger partial charge < -0.3 is 10.1 Å². The minimum Gasteiger partial charge on any atom is -0.444 e. The fourth-order valence-electron chi connectivity index (χ4n) is 1.69. The Hall–Kier alpha value is -1.89. The second kappa shape index (κ2) is 8.10. The fraction of sp³-hybridized carbons (Fsp3) is 0.438. The predicted octanol–water partition coefficient (Wildman–Crippen LogP) is 3.23. The van der Waals surface area contributed by atoms with Gasteiger partial charge in [-0.3, -0.25) is 0 Å². The van der Waals surface area contributed by atoms with E-state index in [1.54, 1.807) is 39.0 Å². The molecule has 0 bridgehead atoms. The van der Waals surface area contributed by atoms with Crippen molar-refractivity contribution in [1.82, 2.24) is 5.32 Å². The molecule has 1 amide bonds. The Labute approximate surface area is 136 Å². The fourth-order valence-corrected chi connectivity index (χ4v) is 3.03. The Bertz CT molecular complexity index is 648. The van der Waals surface area contributed by atoms with E-state index in [-0.39, 0.29) is 29.2 Å². The van der Waals surface area contributed by atoms with Crippen LogP contribution in [0.4, 0.5) is 9.18 Å². The lowest BCUT2D eigenvalue weighted by Crippen LogP contribution is -2.33. The molecular formula is C16H22FNO4S. The van der Waals surface area contributed by atoms with Gasteiger partial charge in [0.1, 0.15) is 5.60 Å². The smallest absolute Gasteiger partial charge is 0.407 e. The molecule has 0 aliphatic rings. The van der Waals surface area contributed by atoms with Gasteiger partial charge in [-0.05, 0) is 44.9 Å². The molecule has 0 radical (unpaired) electrons. The summed E-state index contributed by atoms with van der Waals surface area (Å²) in [6.45, 7) is 5.04. The van der Waals surface area contributed by atoms with Crippen LogP contribution < -0.4 is 5.32 Å². The van der Waals surface area contributed by atoms with Crippen molar-refractivity contribution in [2.75, 3.05) is 12.3 Å². The zero-order valence-corrected chi connectivity index (χ0v) is 14.3. The molecule has 0 fully saturated rings. The number of ether oxygens (including phenoxy) is 1. The van der Waals surface area contributed by atoms with E-state index in [1.807, 2.05) is 0 Å². The number of benzene rings is 1. The zero-order valence-electron chi connectivity index (χ0n) is 13.5. The summed E-state index contributed by atoms with van der Waals surface area (Å²) in [7, 11) is -3.48. The summed E-state index contributed by atoms with van der Waals surface area (Å²) >= 11 is 0. The molecule has 0 aromatic heterocycles.